The third-order valence-electron chi connectivity index (χ3n) is 14.0. The minimum absolute atomic E-state index is 0.0313. The molecule has 0 radical (unpaired) electrons. The Morgan fingerprint density at radius 3 is 2.28 bits per heavy atom. The van der Waals surface area contributed by atoms with Crippen molar-refractivity contribution in [3.8, 4) is 0 Å². The van der Waals surface area contributed by atoms with E-state index in [0.29, 0.717) is 43.3 Å². The Morgan fingerprint density at radius 2 is 1.56 bits per heavy atom. The molecule has 61 heavy (non-hydrogen) atoms. The minimum atomic E-state index is -1.83. The van der Waals surface area contributed by atoms with Gasteiger partial charge < -0.3 is 62.7 Å². The number of hydrogen-bond acceptors (Lipinski definition) is 14. The van der Waals surface area contributed by atoms with E-state index < -0.39 is 90.8 Å². The fourth-order valence-corrected chi connectivity index (χ4v) is 10.4. The van der Waals surface area contributed by atoms with Gasteiger partial charge in [-0.05, 0) is 62.8 Å². The first-order chi connectivity index (χ1) is 29.0. The lowest BCUT2D eigenvalue weighted by atomic mass is 9.71. The molecule has 14 heteroatoms. The summed E-state index contributed by atoms with van der Waals surface area (Å²) in [7, 11) is 3.22. The zero-order valence-electron chi connectivity index (χ0n) is 37.5. The Bertz CT molecular complexity index is 1710. The standard InChI is InChI=1S/C47H70O14/c1-24(2)41-27(5)16-17-46(61-41)22-33-19-32(60-46)15-14-26(4)42(25(3)12-11-13-31-23-54-44-39(48)28(6)18-34(45(50)57-33)47(31,44)51)58-38-21-36(53-10)43(30(8)56-38)59-37-20-35(52-9)40(49)29(7)55-37/h11-14,16-18,24-25,27,29-30,32-44,48-49,51H,15,19-23H2,1-10H3/b12-11+,26-14+,31-13+/t25?,27?,29-,30-,32?,33?,34?,35-,36-,37-,38-,39?,40-,41?,42?,43-,44?,46?,47?/m0/s1. The molecule has 6 heterocycles. The summed E-state index contributed by atoms with van der Waals surface area (Å²) in [5.74, 6) is -2.62. The van der Waals surface area contributed by atoms with Crippen LogP contribution in [0.5, 0.6) is 0 Å². The van der Waals surface area contributed by atoms with Gasteiger partial charge in [-0.3, -0.25) is 4.79 Å². The van der Waals surface area contributed by atoms with Crippen molar-refractivity contribution in [1.29, 1.82) is 0 Å². The SMILES string of the molecule is CO[C@H]1C[C@H](O[C@H]2[C@H](C)O[C@@H](OC3/C(C)=C/CC4CC(CC5(C=CC(C)C(C(C)C)O5)O4)OC(=O)C4C=C(C)C(O)C5OC/C(=C\C=C\C3C)C45O)C[C@@H]2OC)O[C@@H](C)[C@@H]1O. The number of hydrogen-bond donors (Lipinski definition) is 3. The van der Waals surface area contributed by atoms with Crippen LogP contribution < -0.4 is 0 Å². The lowest BCUT2D eigenvalue weighted by molar-refractivity contribution is -0.318. The highest BCUT2D eigenvalue weighted by Crippen LogP contribution is 2.47. The maximum Gasteiger partial charge on any atom is 0.316 e. The van der Waals surface area contributed by atoms with Crippen molar-refractivity contribution in [3.05, 3.63) is 59.3 Å². The molecule has 3 N–H and O–H groups in total. The van der Waals surface area contributed by atoms with E-state index in [2.05, 4.69) is 39.8 Å². The smallest absolute Gasteiger partial charge is 0.316 e. The number of allylic oxidation sites excluding steroid dienone is 2. The van der Waals surface area contributed by atoms with E-state index in [-0.39, 0.29) is 42.7 Å². The van der Waals surface area contributed by atoms with E-state index >= 15 is 0 Å². The van der Waals surface area contributed by atoms with E-state index in [9.17, 15) is 20.1 Å². The van der Waals surface area contributed by atoms with Crippen LogP contribution in [-0.2, 0) is 52.2 Å². The number of carbonyl (C=O) groups is 1. The summed E-state index contributed by atoms with van der Waals surface area (Å²) in [4.78, 5) is 14.3. The van der Waals surface area contributed by atoms with Gasteiger partial charge in [0.2, 0.25) is 0 Å². The monoisotopic (exact) mass is 858 g/mol. The number of aliphatic hydroxyl groups excluding tert-OH is 2. The molecule has 1 spiro atoms. The summed E-state index contributed by atoms with van der Waals surface area (Å²) in [5.41, 5.74) is 0.129. The molecule has 342 valence electrons. The molecule has 0 amide bonds. The highest BCUT2D eigenvalue weighted by molar-refractivity contribution is 5.78. The van der Waals surface area contributed by atoms with Crippen molar-refractivity contribution in [2.24, 2.45) is 23.7 Å². The first kappa shape index (κ1) is 46.7. The van der Waals surface area contributed by atoms with E-state index in [1.54, 1.807) is 40.2 Å². The van der Waals surface area contributed by atoms with Gasteiger partial charge in [-0.2, -0.15) is 0 Å². The molecule has 1 aliphatic carbocycles. The Kier molecular flexibility index (Phi) is 14.6. The highest BCUT2D eigenvalue weighted by atomic mass is 16.7. The van der Waals surface area contributed by atoms with Crippen molar-refractivity contribution in [1.82, 2.24) is 0 Å². The number of rotatable bonds is 7. The predicted molar refractivity (Wildman–Crippen MR) is 223 cm³/mol. The van der Waals surface area contributed by atoms with Crippen LogP contribution >= 0.6 is 0 Å². The number of carbonyl (C=O) groups excluding carboxylic acids is 1. The number of esters is 1. The lowest BCUT2D eigenvalue weighted by Crippen LogP contribution is -2.58. The molecule has 0 aromatic rings. The van der Waals surface area contributed by atoms with Crippen molar-refractivity contribution >= 4 is 5.97 Å². The second-order valence-corrected chi connectivity index (χ2v) is 18.8. The van der Waals surface area contributed by atoms with Crippen LogP contribution in [0.1, 0.15) is 87.5 Å². The predicted octanol–water partition coefficient (Wildman–Crippen LogP) is 4.99. The molecule has 0 saturated carbocycles. The second kappa shape index (κ2) is 19.0. The summed E-state index contributed by atoms with van der Waals surface area (Å²) >= 11 is 0. The van der Waals surface area contributed by atoms with E-state index in [4.69, 9.17) is 47.4 Å². The molecular formula is C47H70O14. The van der Waals surface area contributed by atoms with Crippen LogP contribution in [0, 0.1) is 23.7 Å². The normalized spacial score (nSPS) is 49.3. The van der Waals surface area contributed by atoms with Crippen LogP contribution in [0.15, 0.2) is 59.3 Å². The summed E-state index contributed by atoms with van der Waals surface area (Å²) < 4.78 is 63.5. The minimum Gasteiger partial charge on any atom is -0.462 e. The molecule has 4 fully saturated rings. The van der Waals surface area contributed by atoms with E-state index in [0.717, 1.165) is 5.57 Å². The first-order valence-corrected chi connectivity index (χ1v) is 22.3. The summed E-state index contributed by atoms with van der Waals surface area (Å²) in [5, 5.41) is 34.2. The quantitative estimate of drug-likeness (QED) is 0.231. The maximum atomic E-state index is 14.3. The first-order valence-electron chi connectivity index (χ1n) is 22.3. The third kappa shape index (κ3) is 9.58. The Labute approximate surface area is 361 Å². The Balaban J connectivity index is 1.18. The molecule has 19 atom stereocenters. The highest BCUT2D eigenvalue weighted by Gasteiger charge is 2.60. The number of methoxy groups -OCH3 is 2. The van der Waals surface area contributed by atoms with E-state index in [1.807, 2.05) is 32.1 Å². The number of aliphatic hydroxyl groups is 3. The van der Waals surface area contributed by atoms with Crippen molar-refractivity contribution < 1.29 is 67.5 Å². The lowest BCUT2D eigenvalue weighted by Gasteiger charge is -2.48. The van der Waals surface area contributed by atoms with Gasteiger partial charge in [-0.15, -0.1) is 0 Å². The van der Waals surface area contributed by atoms with Gasteiger partial charge in [-0.1, -0.05) is 64.2 Å². The van der Waals surface area contributed by atoms with Crippen molar-refractivity contribution in [3.63, 3.8) is 0 Å². The van der Waals surface area contributed by atoms with Gasteiger partial charge in [0.15, 0.2) is 18.4 Å². The molecular weight excluding hydrogens is 789 g/mol. The van der Waals surface area contributed by atoms with Crippen LogP contribution in [-0.4, -0.2) is 139 Å². The summed E-state index contributed by atoms with van der Waals surface area (Å²) in [6.45, 7) is 16.0. The zero-order chi connectivity index (χ0) is 44.0. The molecule has 2 bridgehead atoms. The van der Waals surface area contributed by atoms with Gasteiger partial charge >= 0.3 is 5.97 Å². The molecule has 6 aliphatic heterocycles. The third-order valence-corrected chi connectivity index (χ3v) is 14.0. The van der Waals surface area contributed by atoms with Gasteiger partial charge in [-0.25, -0.2) is 0 Å². The van der Waals surface area contributed by atoms with E-state index in [1.165, 1.54) is 0 Å². The second-order valence-electron chi connectivity index (χ2n) is 18.8. The molecule has 14 nitrogen and oxygen atoms in total. The molecule has 11 unspecified atom stereocenters. The van der Waals surface area contributed by atoms with Gasteiger partial charge in [0, 0.05) is 51.7 Å². The Morgan fingerprint density at radius 1 is 0.852 bits per heavy atom. The van der Waals surface area contributed by atoms with Gasteiger partial charge in [0.05, 0.1) is 49.3 Å². The average Bonchev–Trinajstić information content (AvgIpc) is 3.56. The summed E-state index contributed by atoms with van der Waals surface area (Å²) in [6, 6.07) is 0. The molecule has 0 aromatic carbocycles. The zero-order valence-corrected chi connectivity index (χ0v) is 37.5. The fraction of sp³-hybridized carbons (Fsp3) is 0.766. The molecule has 0 aromatic heterocycles. The average molecular weight is 859 g/mol. The van der Waals surface area contributed by atoms with Crippen LogP contribution in [0.2, 0.25) is 0 Å². The van der Waals surface area contributed by atoms with Gasteiger partial charge in [0.1, 0.15) is 42.0 Å². The van der Waals surface area contributed by atoms with Crippen molar-refractivity contribution in [2.45, 2.75) is 185 Å². The maximum absolute atomic E-state index is 14.3. The van der Waals surface area contributed by atoms with Crippen LogP contribution in [0.4, 0.5) is 0 Å². The van der Waals surface area contributed by atoms with Crippen LogP contribution in [0.25, 0.3) is 0 Å². The van der Waals surface area contributed by atoms with Crippen molar-refractivity contribution in [2.75, 3.05) is 20.8 Å². The largest absolute Gasteiger partial charge is 0.462 e. The molecule has 7 aliphatic rings. The molecule has 7 rings (SSSR count). The number of fused-ring (bicyclic) bond motifs is 2. The summed E-state index contributed by atoms with van der Waals surface area (Å²) in [6.07, 6.45) is 7.54. The topological polar surface area (TPSA) is 170 Å². The van der Waals surface area contributed by atoms with Gasteiger partial charge in [0.25, 0.3) is 0 Å². The van der Waals surface area contributed by atoms with Crippen LogP contribution in [0.3, 0.4) is 0 Å². The molecule has 4 saturated heterocycles. The fourth-order valence-electron chi connectivity index (χ4n) is 10.4. The number of ether oxygens (including phenoxy) is 10. The Hall–Kier alpha value is -2.31.